The van der Waals surface area contributed by atoms with Gasteiger partial charge in [-0.15, -0.1) is 0 Å². The molecule has 156 valence electrons. The fourth-order valence-electron chi connectivity index (χ4n) is 2.67. The number of fused-ring (bicyclic) bond motifs is 1. The zero-order valence-corrected chi connectivity index (χ0v) is 15.9. The molecule has 1 atom stereocenters. The predicted molar refractivity (Wildman–Crippen MR) is 106 cm³/mol. The number of allylic oxidation sites excluding steroid dienone is 3. The Morgan fingerprint density at radius 1 is 1.45 bits per heavy atom. The van der Waals surface area contributed by atoms with E-state index in [1.165, 1.54) is 13.1 Å². The summed E-state index contributed by atoms with van der Waals surface area (Å²) in [6, 6.07) is 1.64. The molecular formula is C19H22F3N5O2. The van der Waals surface area contributed by atoms with Gasteiger partial charge in [-0.1, -0.05) is 24.8 Å². The fraction of sp³-hybridized carbons (Fsp3) is 0.263. The van der Waals surface area contributed by atoms with E-state index < -0.39 is 23.5 Å². The minimum Gasteiger partial charge on any atom is -0.508 e. The molecule has 2 rings (SSSR count). The van der Waals surface area contributed by atoms with Crippen molar-refractivity contribution >= 4 is 16.9 Å². The van der Waals surface area contributed by atoms with Gasteiger partial charge in [0, 0.05) is 19.2 Å². The van der Waals surface area contributed by atoms with Crippen LogP contribution in [0.2, 0.25) is 0 Å². The molecule has 1 aromatic heterocycles. The minimum atomic E-state index is -4.66. The molecule has 1 unspecified atom stereocenters. The number of anilines is 1. The molecule has 0 aliphatic carbocycles. The predicted octanol–water partition coefficient (Wildman–Crippen LogP) is 2.48. The van der Waals surface area contributed by atoms with E-state index in [-0.39, 0.29) is 40.3 Å². The lowest BCUT2D eigenvalue weighted by atomic mass is 10.0. The van der Waals surface area contributed by atoms with Crippen LogP contribution in [0, 0.1) is 0 Å². The summed E-state index contributed by atoms with van der Waals surface area (Å²) in [6.45, 7) is 5.02. The second-order valence-corrected chi connectivity index (χ2v) is 6.32. The molecule has 0 amide bonds. The van der Waals surface area contributed by atoms with Crippen molar-refractivity contribution in [3.05, 3.63) is 69.8 Å². The monoisotopic (exact) mass is 409 g/mol. The van der Waals surface area contributed by atoms with E-state index >= 15 is 0 Å². The highest BCUT2D eigenvalue weighted by molar-refractivity contribution is 5.83. The van der Waals surface area contributed by atoms with Gasteiger partial charge in [-0.25, -0.2) is 4.98 Å². The maximum absolute atomic E-state index is 13.3. The molecule has 0 radical (unpaired) electrons. The van der Waals surface area contributed by atoms with Gasteiger partial charge in [0.2, 0.25) is 5.95 Å². The minimum absolute atomic E-state index is 0.0418. The number of aliphatic hydroxyl groups is 1. The van der Waals surface area contributed by atoms with Gasteiger partial charge in [-0.05, 0) is 24.6 Å². The zero-order chi connectivity index (χ0) is 21.9. The topological polar surface area (TPSA) is 119 Å². The van der Waals surface area contributed by atoms with Gasteiger partial charge >= 0.3 is 6.18 Å². The Labute approximate surface area is 164 Å². The smallest absolute Gasteiger partial charge is 0.416 e. The summed E-state index contributed by atoms with van der Waals surface area (Å²) in [6.07, 6.45) is -0.732. The van der Waals surface area contributed by atoms with Gasteiger partial charge in [0.15, 0.2) is 0 Å². The lowest BCUT2D eigenvalue weighted by Crippen LogP contribution is -2.39. The fourth-order valence-corrected chi connectivity index (χ4v) is 2.67. The number of halogens is 3. The number of nitrogens with one attached hydrogen (secondary N) is 1. The van der Waals surface area contributed by atoms with Crippen LogP contribution in [-0.2, 0) is 19.8 Å². The molecule has 10 heteroatoms. The number of nitrogens with two attached hydrogens (primary N) is 2. The molecule has 0 aliphatic heterocycles. The highest BCUT2D eigenvalue weighted by Gasteiger charge is 2.32. The van der Waals surface area contributed by atoms with E-state index in [2.05, 4.69) is 16.9 Å². The van der Waals surface area contributed by atoms with Crippen molar-refractivity contribution < 1.29 is 18.3 Å². The average molecular weight is 409 g/mol. The van der Waals surface area contributed by atoms with Gasteiger partial charge in [0.05, 0.1) is 22.6 Å². The molecule has 1 aromatic carbocycles. The number of nitrogen functional groups attached to an aromatic ring is 1. The number of hydrogen-bond donors (Lipinski definition) is 4. The zero-order valence-electron chi connectivity index (χ0n) is 15.9. The Morgan fingerprint density at radius 2 is 2.10 bits per heavy atom. The second kappa shape index (κ2) is 8.50. The first-order chi connectivity index (χ1) is 13.5. The molecule has 0 saturated heterocycles. The SMILES string of the molecule is C=C(O)/C(=C/C=C\C)C(N)NCc1cc(C(F)(F)F)cc2c(=O)n(C)c(N)nc12. The maximum Gasteiger partial charge on any atom is 0.416 e. The van der Waals surface area contributed by atoms with Gasteiger partial charge < -0.3 is 16.6 Å². The summed E-state index contributed by atoms with van der Waals surface area (Å²) in [4.78, 5) is 16.5. The van der Waals surface area contributed by atoms with Crippen molar-refractivity contribution in [1.82, 2.24) is 14.9 Å². The Balaban J connectivity index is 2.54. The normalized spacial score (nSPS) is 13.9. The van der Waals surface area contributed by atoms with Crippen molar-refractivity contribution in [1.29, 1.82) is 0 Å². The van der Waals surface area contributed by atoms with Crippen LogP contribution in [0.5, 0.6) is 0 Å². The van der Waals surface area contributed by atoms with Gasteiger partial charge in [-0.2, -0.15) is 13.2 Å². The third-order valence-electron chi connectivity index (χ3n) is 4.27. The van der Waals surface area contributed by atoms with E-state index in [4.69, 9.17) is 11.5 Å². The lowest BCUT2D eigenvalue weighted by molar-refractivity contribution is -0.137. The van der Waals surface area contributed by atoms with Crippen LogP contribution in [0.4, 0.5) is 19.1 Å². The van der Waals surface area contributed by atoms with Crippen LogP contribution in [0.1, 0.15) is 18.1 Å². The molecular weight excluding hydrogens is 387 g/mol. The number of hydrogen-bond acceptors (Lipinski definition) is 6. The van der Waals surface area contributed by atoms with Gasteiger partial charge in [0.25, 0.3) is 5.56 Å². The first-order valence-corrected chi connectivity index (χ1v) is 8.53. The van der Waals surface area contributed by atoms with Crippen molar-refractivity contribution in [2.45, 2.75) is 25.8 Å². The van der Waals surface area contributed by atoms with Gasteiger partial charge in [0.1, 0.15) is 5.76 Å². The molecule has 7 nitrogen and oxygen atoms in total. The summed E-state index contributed by atoms with van der Waals surface area (Å²) in [5, 5.41) is 12.3. The van der Waals surface area contributed by atoms with Crippen LogP contribution in [0.3, 0.4) is 0 Å². The van der Waals surface area contributed by atoms with E-state index in [1.54, 1.807) is 19.1 Å². The lowest BCUT2D eigenvalue weighted by Gasteiger charge is -2.18. The molecule has 0 bridgehead atoms. The Morgan fingerprint density at radius 3 is 2.66 bits per heavy atom. The summed E-state index contributed by atoms with van der Waals surface area (Å²) in [5.41, 5.74) is 10.4. The first-order valence-electron chi connectivity index (χ1n) is 8.53. The molecule has 1 heterocycles. The van der Waals surface area contributed by atoms with Gasteiger partial charge in [-0.3, -0.25) is 14.7 Å². The van der Waals surface area contributed by atoms with E-state index in [0.29, 0.717) is 0 Å². The molecule has 0 aliphatic rings. The largest absolute Gasteiger partial charge is 0.508 e. The van der Waals surface area contributed by atoms with Crippen LogP contribution in [0.25, 0.3) is 10.9 Å². The maximum atomic E-state index is 13.3. The third kappa shape index (κ3) is 4.84. The standard InChI is InChI=1S/C19H22F3N5O2/c1-4-5-6-13(10(2)28)16(23)25-9-11-7-12(19(20,21)22)8-14-15(11)26-18(24)27(3)17(14)29/h4-8,16,25,28H,2,9,23H2,1,3H3,(H2,24,26)/b5-4-,13-6-. The third-order valence-corrected chi connectivity index (χ3v) is 4.27. The van der Waals surface area contributed by atoms with Crippen molar-refractivity contribution in [2.24, 2.45) is 12.8 Å². The summed E-state index contributed by atoms with van der Waals surface area (Å²) in [7, 11) is 1.32. The van der Waals surface area contributed by atoms with E-state index in [1.807, 2.05) is 0 Å². The molecule has 29 heavy (non-hydrogen) atoms. The molecule has 0 fully saturated rings. The summed E-state index contributed by atoms with van der Waals surface area (Å²) in [5.74, 6) is -0.418. The number of aromatic nitrogens is 2. The number of nitrogens with zero attached hydrogens (tertiary/aromatic N) is 2. The second-order valence-electron chi connectivity index (χ2n) is 6.32. The number of rotatable bonds is 6. The highest BCUT2D eigenvalue weighted by atomic mass is 19.4. The van der Waals surface area contributed by atoms with E-state index in [9.17, 15) is 23.1 Å². The van der Waals surface area contributed by atoms with Crippen molar-refractivity contribution in [3.8, 4) is 0 Å². The van der Waals surface area contributed by atoms with Crippen molar-refractivity contribution in [3.63, 3.8) is 0 Å². The molecule has 0 spiro atoms. The summed E-state index contributed by atoms with van der Waals surface area (Å²) < 4.78 is 40.9. The van der Waals surface area contributed by atoms with Crippen LogP contribution >= 0.6 is 0 Å². The number of alkyl halides is 3. The number of benzene rings is 1. The van der Waals surface area contributed by atoms with Crippen LogP contribution in [0.15, 0.2) is 53.1 Å². The molecule has 0 saturated carbocycles. The van der Waals surface area contributed by atoms with Crippen molar-refractivity contribution in [2.75, 3.05) is 5.73 Å². The number of aliphatic hydroxyl groups excluding tert-OH is 1. The van der Waals surface area contributed by atoms with E-state index in [0.717, 1.165) is 16.7 Å². The highest BCUT2D eigenvalue weighted by Crippen LogP contribution is 2.32. The Hall–Kier alpha value is -3.11. The Bertz CT molecular complexity index is 1050. The molecule has 2 aromatic rings. The van der Waals surface area contributed by atoms with Crippen LogP contribution < -0.4 is 22.3 Å². The van der Waals surface area contributed by atoms with Crippen LogP contribution in [-0.4, -0.2) is 20.8 Å². The summed E-state index contributed by atoms with van der Waals surface area (Å²) >= 11 is 0. The quantitative estimate of drug-likeness (QED) is 0.331. The Kier molecular flexibility index (Phi) is 6.50. The molecule has 6 N–H and O–H groups in total. The average Bonchev–Trinajstić information content (AvgIpc) is 2.63. The first kappa shape index (κ1) is 22.2.